The topological polar surface area (TPSA) is 103 Å². The van der Waals surface area contributed by atoms with Crippen molar-refractivity contribution in [2.24, 2.45) is 0 Å². The molecule has 1 fully saturated rings. The summed E-state index contributed by atoms with van der Waals surface area (Å²) in [5, 5.41) is 13.2. The minimum atomic E-state index is -0.502. The second kappa shape index (κ2) is 10.5. The van der Waals surface area contributed by atoms with Crippen LogP contribution in [0.2, 0.25) is 0 Å². The third-order valence-electron chi connectivity index (χ3n) is 6.84. The number of hydrogen-bond acceptors (Lipinski definition) is 7. The lowest BCUT2D eigenvalue weighted by atomic mass is 9.92. The van der Waals surface area contributed by atoms with Gasteiger partial charge in [-0.05, 0) is 48.7 Å². The maximum atomic E-state index is 13.0. The number of aromatic nitrogens is 1. The lowest BCUT2D eigenvalue weighted by Crippen LogP contribution is -2.45. The third kappa shape index (κ3) is 4.84. The molecule has 8 nitrogen and oxygen atoms in total. The molecule has 0 aliphatic heterocycles. The number of methoxy groups -OCH3 is 3. The molecule has 4 aromatic rings. The van der Waals surface area contributed by atoms with Gasteiger partial charge in [0, 0.05) is 29.0 Å². The summed E-state index contributed by atoms with van der Waals surface area (Å²) >= 11 is 0. The van der Waals surface area contributed by atoms with Crippen LogP contribution in [0.3, 0.4) is 0 Å². The fourth-order valence-electron chi connectivity index (χ4n) is 4.89. The van der Waals surface area contributed by atoms with E-state index >= 15 is 0 Å². The minimum absolute atomic E-state index is 0.198. The van der Waals surface area contributed by atoms with E-state index in [0.717, 1.165) is 36.0 Å². The van der Waals surface area contributed by atoms with Gasteiger partial charge in [0.1, 0.15) is 11.3 Å². The molecule has 1 aliphatic rings. The molecular weight excluding hydrogens is 472 g/mol. The van der Waals surface area contributed by atoms with Crippen LogP contribution in [-0.2, 0) is 0 Å². The number of amides is 1. The maximum absolute atomic E-state index is 13.0. The van der Waals surface area contributed by atoms with Gasteiger partial charge < -0.3 is 29.1 Å². The summed E-state index contributed by atoms with van der Waals surface area (Å²) in [6, 6.07) is 14.5. The van der Waals surface area contributed by atoms with Gasteiger partial charge in [0.25, 0.3) is 5.91 Å². The summed E-state index contributed by atoms with van der Waals surface area (Å²) in [7, 11) is 4.69. The van der Waals surface area contributed by atoms with E-state index in [1.807, 2.05) is 42.5 Å². The Balaban J connectivity index is 1.49. The second-order valence-electron chi connectivity index (χ2n) is 9.11. The first-order chi connectivity index (χ1) is 18.0. The highest BCUT2D eigenvalue weighted by molar-refractivity contribution is 5.98. The van der Waals surface area contributed by atoms with Crippen molar-refractivity contribution in [1.82, 2.24) is 10.3 Å². The number of carbonyl (C=O) groups is 1. The van der Waals surface area contributed by atoms with E-state index in [4.69, 9.17) is 18.6 Å². The third-order valence-corrected chi connectivity index (χ3v) is 6.84. The van der Waals surface area contributed by atoms with Crippen LogP contribution in [0, 0.1) is 0 Å². The molecule has 0 radical (unpaired) electrons. The first kappa shape index (κ1) is 24.6. The van der Waals surface area contributed by atoms with Crippen LogP contribution in [0.4, 0.5) is 0 Å². The predicted octanol–water partition coefficient (Wildman–Crippen LogP) is 5.22. The molecule has 2 aromatic heterocycles. The van der Waals surface area contributed by atoms with Crippen molar-refractivity contribution in [3.63, 3.8) is 0 Å². The van der Waals surface area contributed by atoms with Crippen LogP contribution in [-0.4, -0.2) is 49.5 Å². The molecule has 0 saturated heterocycles. The predicted molar refractivity (Wildman–Crippen MR) is 140 cm³/mol. The number of benzene rings is 2. The van der Waals surface area contributed by atoms with Crippen LogP contribution in [0.1, 0.15) is 36.0 Å². The number of carbonyl (C=O) groups excluding carboxylic acids is 1. The van der Waals surface area contributed by atoms with Crippen molar-refractivity contribution in [3.8, 4) is 39.7 Å². The summed E-state index contributed by atoms with van der Waals surface area (Å²) in [4.78, 5) is 17.5. The molecule has 0 spiro atoms. The van der Waals surface area contributed by atoms with Gasteiger partial charge in [-0.25, -0.2) is 0 Å². The molecule has 1 saturated carbocycles. The van der Waals surface area contributed by atoms with Gasteiger partial charge in [0.2, 0.25) is 5.75 Å². The fraction of sp³-hybridized carbons (Fsp3) is 0.310. The Kier molecular flexibility index (Phi) is 7.01. The highest BCUT2D eigenvalue weighted by atomic mass is 16.5. The van der Waals surface area contributed by atoms with E-state index in [1.54, 1.807) is 33.6 Å². The summed E-state index contributed by atoms with van der Waals surface area (Å²) in [6.45, 7) is 0. The number of pyridine rings is 1. The molecule has 192 valence electrons. The quantitative estimate of drug-likeness (QED) is 0.357. The lowest BCUT2D eigenvalue weighted by molar-refractivity contribution is 0.0717. The molecule has 2 N–H and O–H groups in total. The fourth-order valence-corrected chi connectivity index (χ4v) is 4.89. The SMILES string of the molecule is COc1cc(-c2cc3nccc(-c4cccc(C(=O)N[C@H]5CCCC[C@H]5O)c4)c3o2)cc(OC)c1OC. The number of hydrogen-bond donors (Lipinski definition) is 2. The molecule has 37 heavy (non-hydrogen) atoms. The van der Waals surface area contributed by atoms with E-state index in [-0.39, 0.29) is 11.9 Å². The average Bonchev–Trinajstić information content (AvgIpc) is 3.38. The first-order valence-corrected chi connectivity index (χ1v) is 12.3. The number of furan rings is 1. The number of nitrogens with zero attached hydrogens (tertiary/aromatic N) is 1. The Morgan fingerprint density at radius 1 is 0.973 bits per heavy atom. The van der Waals surface area contributed by atoms with Crippen molar-refractivity contribution >= 4 is 17.0 Å². The zero-order valence-electron chi connectivity index (χ0n) is 21.1. The maximum Gasteiger partial charge on any atom is 0.251 e. The number of aliphatic hydroxyl groups is 1. The van der Waals surface area contributed by atoms with Crippen molar-refractivity contribution in [2.75, 3.05) is 21.3 Å². The Hall–Kier alpha value is -4.04. The van der Waals surface area contributed by atoms with Gasteiger partial charge in [0.05, 0.1) is 33.5 Å². The van der Waals surface area contributed by atoms with Gasteiger partial charge in [0.15, 0.2) is 17.1 Å². The highest BCUT2D eigenvalue weighted by Crippen LogP contribution is 2.42. The zero-order valence-corrected chi connectivity index (χ0v) is 21.1. The van der Waals surface area contributed by atoms with E-state index < -0.39 is 6.10 Å². The van der Waals surface area contributed by atoms with Crippen LogP contribution in [0.5, 0.6) is 17.2 Å². The molecular formula is C29H30N2O6. The highest BCUT2D eigenvalue weighted by Gasteiger charge is 2.25. The second-order valence-corrected chi connectivity index (χ2v) is 9.11. The van der Waals surface area contributed by atoms with E-state index in [1.165, 1.54) is 0 Å². The van der Waals surface area contributed by atoms with E-state index in [2.05, 4.69) is 10.3 Å². The number of ether oxygens (including phenoxy) is 3. The molecule has 2 heterocycles. The Morgan fingerprint density at radius 3 is 2.43 bits per heavy atom. The Bertz CT molecular complexity index is 1400. The molecule has 0 unspecified atom stereocenters. The summed E-state index contributed by atoms with van der Waals surface area (Å²) in [5.41, 5.74) is 4.20. The molecule has 8 heteroatoms. The standard InChI is InChI=1S/C29H30N2O6/c1-34-25-14-19(15-26(35-2)28(25)36-3)24-16-22-27(37-24)20(11-12-30-22)17-7-6-8-18(13-17)29(33)31-21-9-4-5-10-23(21)32/h6-8,11-16,21,23,32H,4-5,9-10H2,1-3H3,(H,31,33)/t21-,23+/m0/s1. The summed E-state index contributed by atoms with van der Waals surface area (Å²) < 4.78 is 22.7. The van der Waals surface area contributed by atoms with E-state index in [9.17, 15) is 9.90 Å². The van der Waals surface area contributed by atoms with Crippen molar-refractivity contribution in [1.29, 1.82) is 0 Å². The Morgan fingerprint density at radius 2 is 1.73 bits per heavy atom. The van der Waals surface area contributed by atoms with Crippen LogP contribution >= 0.6 is 0 Å². The zero-order chi connectivity index (χ0) is 25.9. The molecule has 1 amide bonds. The number of rotatable bonds is 7. The molecule has 0 bridgehead atoms. The number of nitrogens with one attached hydrogen (secondary N) is 1. The number of aliphatic hydroxyl groups excluding tert-OH is 1. The monoisotopic (exact) mass is 502 g/mol. The van der Waals surface area contributed by atoms with Crippen LogP contribution < -0.4 is 19.5 Å². The Labute approximate surface area is 215 Å². The summed E-state index contributed by atoms with van der Waals surface area (Å²) in [5.74, 6) is 1.93. The lowest BCUT2D eigenvalue weighted by Gasteiger charge is -2.28. The van der Waals surface area contributed by atoms with Crippen molar-refractivity contribution in [2.45, 2.75) is 37.8 Å². The average molecular weight is 503 g/mol. The van der Waals surface area contributed by atoms with Gasteiger partial charge in [-0.3, -0.25) is 9.78 Å². The van der Waals surface area contributed by atoms with Gasteiger partial charge in [-0.1, -0.05) is 25.0 Å². The van der Waals surface area contributed by atoms with Gasteiger partial charge >= 0.3 is 0 Å². The van der Waals surface area contributed by atoms with Crippen LogP contribution in [0.25, 0.3) is 33.6 Å². The summed E-state index contributed by atoms with van der Waals surface area (Å²) in [6.07, 6.45) is 4.71. The molecule has 2 atom stereocenters. The van der Waals surface area contributed by atoms with Gasteiger partial charge in [-0.15, -0.1) is 0 Å². The van der Waals surface area contributed by atoms with Crippen LogP contribution in [0.15, 0.2) is 59.1 Å². The minimum Gasteiger partial charge on any atom is -0.493 e. The normalized spacial score (nSPS) is 17.4. The number of fused-ring (bicyclic) bond motifs is 1. The molecule has 2 aromatic carbocycles. The molecule has 5 rings (SSSR count). The van der Waals surface area contributed by atoms with Crippen molar-refractivity contribution in [3.05, 3.63) is 60.3 Å². The van der Waals surface area contributed by atoms with Crippen molar-refractivity contribution < 1.29 is 28.5 Å². The smallest absolute Gasteiger partial charge is 0.251 e. The molecule has 1 aliphatic carbocycles. The first-order valence-electron chi connectivity index (χ1n) is 12.3. The largest absolute Gasteiger partial charge is 0.493 e. The van der Waals surface area contributed by atoms with Gasteiger partial charge in [-0.2, -0.15) is 0 Å². The van der Waals surface area contributed by atoms with E-state index in [0.29, 0.717) is 46.1 Å².